The molecule has 0 fully saturated rings. The SMILES string of the molecule is CC(C)(C)OP(=O)(OCCl)OC(C)(C)C.COc1ccc2c(c1)c(-c1cc3c(ncc4c[nH]n(C)c43)n1)cn2C.COc1ccc2c(c1)c(-c1cc3c4c(cnc3n1COP(=O)(OC(C)(C)C)OC(C)(C)C)cnn4C)cn2C. The van der Waals surface area contributed by atoms with Crippen LogP contribution in [0.3, 0.4) is 0 Å². The van der Waals surface area contributed by atoms with Crippen LogP contribution in [-0.4, -0.2) is 90.9 Å². The molecule has 424 valence electrons. The van der Waals surface area contributed by atoms with E-state index < -0.39 is 38.0 Å². The Bertz CT molecular complexity index is 3900. The molecule has 79 heavy (non-hydrogen) atoms. The number of fused-ring (bicyclic) bond motifs is 8. The first-order valence-corrected chi connectivity index (χ1v) is 29.0. The van der Waals surface area contributed by atoms with Gasteiger partial charge in [-0.2, -0.15) is 5.10 Å². The molecule has 1 N–H and O–H groups in total. The van der Waals surface area contributed by atoms with E-state index in [1.165, 1.54) is 0 Å². The lowest BCUT2D eigenvalue weighted by Crippen LogP contribution is -2.25. The van der Waals surface area contributed by atoms with Crippen LogP contribution in [0.15, 0.2) is 85.7 Å². The zero-order valence-corrected chi connectivity index (χ0v) is 50.9. The Morgan fingerprint density at radius 3 is 1.65 bits per heavy atom. The Labute approximate surface area is 465 Å². The van der Waals surface area contributed by atoms with Crippen molar-refractivity contribution >= 4 is 92.9 Å². The number of pyridine rings is 2. The summed E-state index contributed by atoms with van der Waals surface area (Å²) in [5.41, 5.74) is 6.72. The van der Waals surface area contributed by atoms with Crippen molar-refractivity contribution < 1.29 is 45.7 Å². The summed E-state index contributed by atoms with van der Waals surface area (Å²) in [4.78, 5) is 14.1. The van der Waals surface area contributed by atoms with Gasteiger partial charge in [0.05, 0.1) is 65.2 Å². The van der Waals surface area contributed by atoms with Gasteiger partial charge < -0.3 is 28.3 Å². The quantitative estimate of drug-likeness (QED) is 0.0844. The molecule has 0 aliphatic carbocycles. The van der Waals surface area contributed by atoms with Gasteiger partial charge in [0.1, 0.15) is 29.9 Å². The maximum atomic E-state index is 13.9. The first-order chi connectivity index (χ1) is 36.8. The van der Waals surface area contributed by atoms with Crippen LogP contribution in [0.1, 0.15) is 83.1 Å². The van der Waals surface area contributed by atoms with Crippen molar-refractivity contribution in [1.29, 1.82) is 0 Å². The Kier molecular flexibility index (Phi) is 16.5. The van der Waals surface area contributed by atoms with Crippen LogP contribution in [0.5, 0.6) is 11.5 Å². The van der Waals surface area contributed by atoms with Crippen LogP contribution in [0.2, 0.25) is 0 Å². The van der Waals surface area contributed by atoms with E-state index in [9.17, 15) is 9.13 Å². The number of aromatic nitrogens is 10. The third kappa shape index (κ3) is 13.4. The van der Waals surface area contributed by atoms with Crippen molar-refractivity contribution in [3.63, 3.8) is 0 Å². The molecule has 23 heteroatoms. The van der Waals surface area contributed by atoms with Gasteiger partial charge in [0.15, 0.2) is 5.65 Å². The van der Waals surface area contributed by atoms with Gasteiger partial charge in [0, 0.05) is 114 Å². The van der Waals surface area contributed by atoms with E-state index in [1.807, 2.05) is 120 Å². The molecule has 0 atom stereocenters. The van der Waals surface area contributed by atoms with Crippen molar-refractivity contribution in [1.82, 2.24) is 48.2 Å². The fourth-order valence-electron chi connectivity index (χ4n) is 9.17. The van der Waals surface area contributed by atoms with Crippen molar-refractivity contribution in [2.24, 2.45) is 28.2 Å². The lowest BCUT2D eigenvalue weighted by molar-refractivity contribution is -0.00571. The van der Waals surface area contributed by atoms with Crippen LogP contribution in [0, 0.1) is 0 Å². The number of phosphoric acid groups is 2. The second-order valence-corrected chi connectivity index (χ2v) is 26.3. The third-order valence-corrected chi connectivity index (χ3v) is 16.2. The Balaban J connectivity index is 0.000000175. The number of ether oxygens (including phenoxy) is 2. The summed E-state index contributed by atoms with van der Waals surface area (Å²) in [6, 6.07) is 16.0. The standard InChI is InChI=1S/C28H36N5O5P.C19H17N5O.C9H20ClO4P/c1-27(2,3)37-39(34,38-28(4,5)6)36-17-33-24(13-21-25-18(14-29-26(21)33)15-30-32(25)8)22-16-31(7)23-11-10-19(35-9)12-20(22)23;1-23-10-15(13-6-12(25-3)4-5-17(13)23)16-7-14-18-11(9-21-24(18)2)8-20-19(14)22-16;1-8(2,3)13-15(11,12-7-10)14-9(4,5)6/h10-16H,17H2,1-9H3;4-10,21H,1-3H3;7H2,1-6H3. The average molecular weight is 1140 g/mol. The first-order valence-electron chi connectivity index (χ1n) is 25.6. The predicted octanol–water partition coefficient (Wildman–Crippen LogP) is 14.4. The van der Waals surface area contributed by atoms with Crippen LogP contribution in [0.4, 0.5) is 0 Å². The summed E-state index contributed by atoms with van der Waals surface area (Å²) in [7, 11) is 3.71. The second-order valence-electron chi connectivity index (χ2n) is 23.1. The molecule has 10 rings (SSSR count). The summed E-state index contributed by atoms with van der Waals surface area (Å²) < 4.78 is 80.1. The van der Waals surface area contributed by atoms with Gasteiger partial charge in [-0.05, 0) is 132 Å². The predicted molar refractivity (Wildman–Crippen MR) is 313 cm³/mol. The van der Waals surface area contributed by atoms with Crippen LogP contribution in [-0.2, 0) is 71.2 Å². The molecule has 0 bridgehead atoms. The topological polar surface area (TPSA) is 200 Å². The number of benzene rings is 2. The van der Waals surface area contributed by atoms with Crippen LogP contribution >= 0.6 is 27.2 Å². The summed E-state index contributed by atoms with van der Waals surface area (Å²) >= 11 is 5.39. The zero-order chi connectivity index (χ0) is 57.8. The number of aryl methyl sites for hydroxylation is 4. The molecular formula is C56H73ClN10O10P2. The molecule has 10 aromatic rings. The summed E-state index contributed by atoms with van der Waals surface area (Å²) in [6.07, 6.45) is 11.6. The molecule has 0 saturated heterocycles. The van der Waals surface area contributed by atoms with Crippen molar-refractivity contribution in [2.75, 3.05) is 20.3 Å². The largest absolute Gasteiger partial charge is 0.497 e. The van der Waals surface area contributed by atoms with Crippen molar-refractivity contribution in [3.05, 3.63) is 85.7 Å². The Hall–Kier alpha value is -6.05. The molecule has 8 aromatic heterocycles. The number of H-pyrrole nitrogens is 1. The molecule has 2 aromatic carbocycles. The first kappa shape index (κ1) is 59.1. The van der Waals surface area contributed by atoms with Gasteiger partial charge >= 0.3 is 15.6 Å². The molecule has 0 radical (unpaired) electrons. The van der Waals surface area contributed by atoms with Crippen molar-refractivity contribution in [2.45, 2.75) is 112 Å². The number of alkyl halides is 1. The number of phosphoric ester groups is 2. The summed E-state index contributed by atoms with van der Waals surface area (Å²) in [6.45, 7) is 21.4. The molecule has 0 aliphatic rings. The number of hydrogen-bond donors (Lipinski definition) is 1. The van der Waals surface area contributed by atoms with Crippen LogP contribution < -0.4 is 9.47 Å². The van der Waals surface area contributed by atoms with Crippen molar-refractivity contribution in [3.8, 4) is 34.0 Å². The fraction of sp³-hybridized carbons (Fsp3) is 0.429. The van der Waals surface area contributed by atoms with E-state index in [1.54, 1.807) is 68.2 Å². The highest BCUT2D eigenvalue weighted by Gasteiger charge is 2.39. The van der Waals surface area contributed by atoms with Crippen LogP contribution in [0.25, 0.3) is 88.2 Å². The minimum atomic E-state index is -3.99. The van der Waals surface area contributed by atoms with E-state index in [4.69, 9.17) is 58.2 Å². The minimum absolute atomic E-state index is 0.112. The van der Waals surface area contributed by atoms with Gasteiger partial charge in [-0.1, -0.05) is 11.6 Å². The Morgan fingerprint density at radius 1 is 0.595 bits per heavy atom. The molecule has 0 unspecified atom stereocenters. The normalized spacial score (nSPS) is 13.0. The molecule has 0 aliphatic heterocycles. The zero-order valence-electron chi connectivity index (χ0n) is 48.4. The lowest BCUT2D eigenvalue weighted by Gasteiger charge is -2.31. The highest BCUT2D eigenvalue weighted by atomic mass is 35.5. The van der Waals surface area contributed by atoms with Gasteiger partial charge in [0.2, 0.25) is 0 Å². The molecule has 0 saturated carbocycles. The molecular weight excluding hydrogens is 1070 g/mol. The third-order valence-electron chi connectivity index (χ3n) is 12.0. The van der Waals surface area contributed by atoms with E-state index >= 15 is 0 Å². The molecule has 8 heterocycles. The van der Waals surface area contributed by atoms with E-state index in [2.05, 4.69) is 61.0 Å². The summed E-state index contributed by atoms with van der Waals surface area (Å²) in [5, 5.41) is 13.7. The number of rotatable bonds is 13. The molecule has 20 nitrogen and oxygen atoms in total. The van der Waals surface area contributed by atoms with Gasteiger partial charge in [-0.25, -0.2) is 24.1 Å². The second kappa shape index (κ2) is 22.1. The monoisotopic (exact) mass is 1140 g/mol. The molecule has 0 spiro atoms. The maximum absolute atomic E-state index is 13.9. The number of hydrogen-bond acceptors (Lipinski definition) is 14. The fourth-order valence-corrected chi connectivity index (χ4v) is 12.9. The van der Waals surface area contributed by atoms with Gasteiger partial charge in [-0.3, -0.25) is 36.5 Å². The van der Waals surface area contributed by atoms with E-state index in [0.29, 0.717) is 5.65 Å². The van der Waals surface area contributed by atoms with E-state index in [0.717, 1.165) is 94.0 Å². The smallest absolute Gasteiger partial charge is 0.477 e. The minimum Gasteiger partial charge on any atom is -0.497 e. The van der Waals surface area contributed by atoms with Gasteiger partial charge in [-0.15, -0.1) is 0 Å². The molecule has 0 amide bonds. The number of aromatic amines is 1. The Morgan fingerprint density at radius 2 is 1.11 bits per heavy atom. The van der Waals surface area contributed by atoms with Gasteiger partial charge in [0.25, 0.3) is 0 Å². The maximum Gasteiger partial charge on any atom is 0.477 e. The lowest BCUT2D eigenvalue weighted by atomic mass is 10.1. The highest BCUT2D eigenvalue weighted by molar-refractivity contribution is 7.48. The summed E-state index contributed by atoms with van der Waals surface area (Å²) in [5.74, 6) is 1.59. The number of nitrogens with zero attached hydrogens (tertiary/aromatic N) is 9. The highest BCUT2D eigenvalue weighted by Crippen LogP contribution is 2.57. The van der Waals surface area contributed by atoms with E-state index in [-0.39, 0.29) is 12.8 Å². The number of methoxy groups -OCH3 is 2. The average Bonchev–Trinajstić information content (AvgIpc) is 4.20. The number of nitrogens with one attached hydrogen (secondary N) is 1. The number of halogens is 1.